The molecule has 0 radical (unpaired) electrons. The molecule has 0 N–H and O–H groups in total. The van der Waals surface area contributed by atoms with Crippen molar-refractivity contribution in [2.24, 2.45) is 7.05 Å². The minimum atomic E-state index is 0.150. The van der Waals surface area contributed by atoms with E-state index in [1.54, 1.807) is 7.11 Å². The van der Waals surface area contributed by atoms with Gasteiger partial charge < -0.3 is 9.47 Å². The maximum Gasteiger partial charge on any atom is 0.158 e. The molecule has 3 heterocycles. The Balaban J connectivity index is 1.49. The number of rotatable bonds is 7. The molecular formula is C25H34N4O2. The number of benzene rings is 1. The van der Waals surface area contributed by atoms with E-state index in [4.69, 9.17) is 14.5 Å². The molecule has 0 spiro atoms. The highest BCUT2D eigenvalue weighted by molar-refractivity contribution is 5.78. The average molecular weight is 423 g/mol. The van der Waals surface area contributed by atoms with E-state index in [1.807, 2.05) is 18.7 Å². The first-order chi connectivity index (χ1) is 14.9. The van der Waals surface area contributed by atoms with Crippen LogP contribution in [0.1, 0.15) is 55.1 Å². The summed E-state index contributed by atoms with van der Waals surface area (Å²) in [5.41, 5.74) is 5.62. The molecule has 0 unspecified atom stereocenters. The van der Waals surface area contributed by atoms with Gasteiger partial charge in [0.1, 0.15) is 5.75 Å². The van der Waals surface area contributed by atoms with Crippen LogP contribution in [0.3, 0.4) is 0 Å². The first kappa shape index (κ1) is 21.8. The number of ether oxygens (including phenoxy) is 2. The van der Waals surface area contributed by atoms with E-state index in [9.17, 15) is 0 Å². The molecule has 2 aromatic heterocycles. The Morgan fingerprint density at radius 2 is 2.03 bits per heavy atom. The molecule has 166 valence electrons. The Kier molecular flexibility index (Phi) is 6.58. The fourth-order valence-electron chi connectivity index (χ4n) is 4.61. The van der Waals surface area contributed by atoms with Gasteiger partial charge in [0.05, 0.1) is 18.4 Å². The number of pyridine rings is 1. The molecule has 6 heteroatoms. The largest absolute Gasteiger partial charge is 0.491 e. The summed E-state index contributed by atoms with van der Waals surface area (Å²) < 4.78 is 13.3. The van der Waals surface area contributed by atoms with Crippen LogP contribution in [0.25, 0.3) is 11.0 Å². The summed E-state index contributed by atoms with van der Waals surface area (Å²) in [5, 5.41) is 5.67. The van der Waals surface area contributed by atoms with E-state index in [0.717, 1.165) is 47.7 Å². The predicted molar refractivity (Wildman–Crippen MR) is 123 cm³/mol. The fraction of sp³-hybridized carbons (Fsp3) is 0.520. The molecule has 0 bridgehead atoms. The van der Waals surface area contributed by atoms with E-state index < -0.39 is 0 Å². The summed E-state index contributed by atoms with van der Waals surface area (Å²) in [5.74, 6) is 1.37. The zero-order valence-electron chi connectivity index (χ0n) is 19.4. The van der Waals surface area contributed by atoms with Crippen molar-refractivity contribution in [1.82, 2.24) is 19.7 Å². The van der Waals surface area contributed by atoms with Crippen LogP contribution in [-0.4, -0.2) is 46.0 Å². The molecular weight excluding hydrogens is 388 g/mol. The zero-order valence-corrected chi connectivity index (χ0v) is 19.4. The van der Waals surface area contributed by atoms with E-state index in [0.29, 0.717) is 12.5 Å². The van der Waals surface area contributed by atoms with Gasteiger partial charge in [0.15, 0.2) is 5.65 Å². The molecule has 1 aliphatic heterocycles. The van der Waals surface area contributed by atoms with Gasteiger partial charge in [-0.3, -0.25) is 9.58 Å². The number of aromatic nitrogens is 3. The quantitative estimate of drug-likeness (QED) is 0.557. The number of methoxy groups -OCH3 is 1. The van der Waals surface area contributed by atoms with Gasteiger partial charge in [-0.1, -0.05) is 6.07 Å². The van der Waals surface area contributed by atoms with Crippen LogP contribution in [0.4, 0.5) is 0 Å². The van der Waals surface area contributed by atoms with Gasteiger partial charge in [0.25, 0.3) is 0 Å². The second kappa shape index (κ2) is 9.37. The molecule has 1 atom stereocenters. The standard InChI is InChI=1S/C25H34N4O2/c1-17(2)31-24-11-8-19(13-21(24)16-30-5)14-29-12-6-7-20(15-29)23-10-9-22-18(3)27-28(4)25(22)26-23/h8-11,13,17,20H,6-7,12,14-16H2,1-5H3/t20-/m0/s1. The van der Waals surface area contributed by atoms with Crippen LogP contribution in [0, 0.1) is 6.92 Å². The van der Waals surface area contributed by atoms with Crippen molar-refractivity contribution < 1.29 is 9.47 Å². The topological polar surface area (TPSA) is 52.4 Å². The highest BCUT2D eigenvalue weighted by Crippen LogP contribution is 2.29. The minimum absolute atomic E-state index is 0.150. The minimum Gasteiger partial charge on any atom is -0.491 e. The molecule has 1 fully saturated rings. The lowest BCUT2D eigenvalue weighted by Gasteiger charge is -2.32. The van der Waals surface area contributed by atoms with Gasteiger partial charge in [-0.2, -0.15) is 5.10 Å². The Hall–Kier alpha value is -2.44. The smallest absolute Gasteiger partial charge is 0.158 e. The van der Waals surface area contributed by atoms with Gasteiger partial charge >= 0.3 is 0 Å². The molecule has 3 aromatic rings. The van der Waals surface area contributed by atoms with Crippen molar-refractivity contribution in [3.8, 4) is 5.75 Å². The van der Waals surface area contributed by atoms with Crippen molar-refractivity contribution in [3.63, 3.8) is 0 Å². The number of fused-ring (bicyclic) bond motifs is 1. The molecule has 1 saturated heterocycles. The molecule has 4 rings (SSSR count). The Morgan fingerprint density at radius 1 is 1.19 bits per heavy atom. The molecule has 1 aromatic carbocycles. The Labute approximate surface area is 185 Å². The number of hydrogen-bond donors (Lipinski definition) is 0. The van der Waals surface area contributed by atoms with Crippen LogP contribution in [0.2, 0.25) is 0 Å². The van der Waals surface area contributed by atoms with E-state index in [1.165, 1.54) is 24.1 Å². The summed E-state index contributed by atoms with van der Waals surface area (Å²) in [7, 11) is 3.71. The third-order valence-corrected chi connectivity index (χ3v) is 6.01. The maximum absolute atomic E-state index is 5.96. The van der Waals surface area contributed by atoms with Gasteiger partial charge in [-0.25, -0.2) is 4.98 Å². The second-order valence-electron chi connectivity index (χ2n) is 8.93. The highest BCUT2D eigenvalue weighted by atomic mass is 16.5. The zero-order chi connectivity index (χ0) is 22.0. The van der Waals surface area contributed by atoms with Crippen LogP contribution in [0.5, 0.6) is 5.75 Å². The van der Waals surface area contributed by atoms with Crippen LogP contribution >= 0.6 is 0 Å². The first-order valence-corrected chi connectivity index (χ1v) is 11.2. The van der Waals surface area contributed by atoms with Gasteiger partial charge in [0, 0.05) is 49.8 Å². The lowest BCUT2D eigenvalue weighted by Crippen LogP contribution is -2.34. The van der Waals surface area contributed by atoms with Crippen molar-refractivity contribution in [3.05, 3.63) is 52.8 Å². The molecule has 0 saturated carbocycles. The summed E-state index contributed by atoms with van der Waals surface area (Å²) >= 11 is 0. The SMILES string of the molecule is COCc1cc(CN2CCC[C@H](c3ccc4c(C)nn(C)c4n3)C2)ccc1OC(C)C. The van der Waals surface area contributed by atoms with Gasteiger partial charge in [-0.05, 0) is 70.0 Å². The molecule has 1 aliphatic rings. The summed E-state index contributed by atoms with van der Waals surface area (Å²) in [6.07, 6.45) is 2.52. The molecule has 6 nitrogen and oxygen atoms in total. The average Bonchev–Trinajstić information content (AvgIpc) is 3.03. The summed E-state index contributed by atoms with van der Waals surface area (Å²) in [4.78, 5) is 7.52. The number of likely N-dealkylation sites (tertiary alicyclic amines) is 1. The number of piperidine rings is 1. The monoisotopic (exact) mass is 422 g/mol. The fourth-order valence-corrected chi connectivity index (χ4v) is 4.61. The van der Waals surface area contributed by atoms with E-state index in [2.05, 4.69) is 54.2 Å². The lowest BCUT2D eigenvalue weighted by molar-refractivity contribution is 0.174. The van der Waals surface area contributed by atoms with Crippen molar-refractivity contribution in [2.75, 3.05) is 20.2 Å². The van der Waals surface area contributed by atoms with Crippen LogP contribution < -0.4 is 4.74 Å². The number of hydrogen-bond acceptors (Lipinski definition) is 5. The summed E-state index contributed by atoms with van der Waals surface area (Å²) in [6.45, 7) is 9.79. The molecule has 0 amide bonds. The number of nitrogens with zero attached hydrogens (tertiary/aromatic N) is 4. The molecule has 31 heavy (non-hydrogen) atoms. The van der Waals surface area contributed by atoms with Crippen molar-refractivity contribution >= 4 is 11.0 Å². The van der Waals surface area contributed by atoms with E-state index in [-0.39, 0.29) is 6.10 Å². The van der Waals surface area contributed by atoms with Gasteiger partial charge in [-0.15, -0.1) is 0 Å². The third kappa shape index (κ3) is 4.91. The second-order valence-corrected chi connectivity index (χ2v) is 8.93. The normalized spacial score (nSPS) is 17.5. The third-order valence-electron chi connectivity index (χ3n) is 6.01. The summed E-state index contributed by atoms with van der Waals surface area (Å²) in [6, 6.07) is 10.9. The predicted octanol–water partition coefficient (Wildman–Crippen LogP) is 4.59. The van der Waals surface area contributed by atoms with Crippen LogP contribution in [-0.2, 0) is 24.9 Å². The van der Waals surface area contributed by atoms with Crippen molar-refractivity contribution in [1.29, 1.82) is 0 Å². The van der Waals surface area contributed by atoms with E-state index >= 15 is 0 Å². The lowest BCUT2D eigenvalue weighted by atomic mass is 9.93. The molecule has 0 aliphatic carbocycles. The van der Waals surface area contributed by atoms with Gasteiger partial charge in [0.2, 0.25) is 0 Å². The number of aryl methyl sites for hydroxylation is 2. The first-order valence-electron chi connectivity index (χ1n) is 11.2. The van der Waals surface area contributed by atoms with Crippen LogP contribution in [0.15, 0.2) is 30.3 Å². The highest BCUT2D eigenvalue weighted by Gasteiger charge is 2.23. The van der Waals surface area contributed by atoms with Crippen molar-refractivity contribution in [2.45, 2.75) is 58.8 Å². The Bertz CT molecular complexity index is 1040. The Morgan fingerprint density at radius 3 is 2.81 bits per heavy atom. The maximum atomic E-state index is 5.96.